The predicted molar refractivity (Wildman–Crippen MR) is 135 cm³/mol. The SMILES string of the molecule is C=C(F)C(=O)N1CCC(O)C1C(=O)NCCn1cnc2cnc(Nc3ncc(-c4ncccc4F)s3)cc21. The molecule has 11 nitrogen and oxygen atoms in total. The summed E-state index contributed by atoms with van der Waals surface area (Å²) >= 11 is 1.23. The fourth-order valence-electron chi connectivity index (χ4n) is 4.21. The number of hydrogen-bond donors (Lipinski definition) is 3. The van der Waals surface area contributed by atoms with E-state index in [4.69, 9.17) is 0 Å². The normalized spacial score (nSPS) is 17.1. The molecule has 0 bridgehead atoms. The van der Waals surface area contributed by atoms with Gasteiger partial charge in [-0.1, -0.05) is 17.9 Å². The second-order valence-corrected chi connectivity index (χ2v) is 9.51. The molecule has 3 N–H and O–H groups in total. The molecule has 2 amide bonds. The number of aliphatic hydroxyl groups excluding tert-OH is 1. The first-order valence-corrected chi connectivity index (χ1v) is 12.4. The Morgan fingerprint density at radius 3 is 2.87 bits per heavy atom. The number of rotatable bonds is 8. The number of thiazole rings is 1. The summed E-state index contributed by atoms with van der Waals surface area (Å²) in [5, 5.41) is 16.4. The summed E-state index contributed by atoms with van der Waals surface area (Å²) in [6.45, 7) is 3.55. The summed E-state index contributed by atoms with van der Waals surface area (Å²) in [7, 11) is 0. The van der Waals surface area contributed by atoms with Gasteiger partial charge in [0.2, 0.25) is 5.91 Å². The molecule has 0 spiro atoms. The highest BCUT2D eigenvalue weighted by Gasteiger charge is 2.41. The topological polar surface area (TPSA) is 138 Å². The lowest BCUT2D eigenvalue weighted by Gasteiger charge is -2.24. The zero-order chi connectivity index (χ0) is 26.8. The van der Waals surface area contributed by atoms with E-state index >= 15 is 0 Å². The highest BCUT2D eigenvalue weighted by molar-refractivity contribution is 7.18. The third-order valence-corrected chi connectivity index (χ3v) is 6.94. The van der Waals surface area contributed by atoms with Crippen molar-refractivity contribution < 1.29 is 23.5 Å². The Hall–Kier alpha value is -4.30. The molecule has 196 valence electrons. The van der Waals surface area contributed by atoms with Gasteiger partial charge in [-0.05, 0) is 18.6 Å². The zero-order valence-electron chi connectivity index (χ0n) is 19.8. The van der Waals surface area contributed by atoms with Crippen molar-refractivity contribution in [2.75, 3.05) is 18.4 Å². The molecule has 5 rings (SSSR count). The number of amides is 2. The van der Waals surface area contributed by atoms with Crippen LogP contribution in [0.2, 0.25) is 0 Å². The molecule has 5 heterocycles. The maximum absolute atomic E-state index is 14.0. The van der Waals surface area contributed by atoms with Crippen molar-refractivity contribution in [1.29, 1.82) is 0 Å². The minimum absolute atomic E-state index is 0.0629. The van der Waals surface area contributed by atoms with Crippen LogP contribution in [0.25, 0.3) is 21.6 Å². The highest BCUT2D eigenvalue weighted by Crippen LogP contribution is 2.31. The van der Waals surface area contributed by atoms with Crippen LogP contribution in [0.5, 0.6) is 0 Å². The predicted octanol–water partition coefficient (Wildman–Crippen LogP) is 2.39. The van der Waals surface area contributed by atoms with E-state index in [2.05, 4.69) is 37.1 Å². The summed E-state index contributed by atoms with van der Waals surface area (Å²) < 4.78 is 29.2. The van der Waals surface area contributed by atoms with E-state index in [1.165, 1.54) is 35.9 Å². The van der Waals surface area contributed by atoms with Gasteiger partial charge in [0.15, 0.2) is 11.0 Å². The van der Waals surface area contributed by atoms with Crippen molar-refractivity contribution in [1.82, 2.24) is 34.7 Å². The molecule has 1 fully saturated rings. The Balaban J connectivity index is 1.24. The molecule has 0 aliphatic carbocycles. The minimum atomic E-state index is -1.18. The summed E-state index contributed by atoms with van der Waals surface area (Å²) in [4.78, 5) is 43.2. The number of likely N-dealkylation sites (tertiary alicyclic amines) is 1. The number of carbonyl (C=O) groups excluding carboxylic acids is 2. The first kappa shape index (κ1) is 25.4. The van der Waals surface area contributed by atoms with Crippen LogP contribution in [0.1, 0.15) is 6.42 Å². The average molecular weight is 541 g/mol. The minimum Gasteiger partial charge on any atom is -0.390 e. The Bertz CT molecular complexity index is 1520. The zero-order valence-corrected chi connectivity index (χ0v) is 20.7. The molecule has 1 aliphatic rings. The van der Waals surface area contributed by atoms with Crippen molar-refractivity contribution >= 4 is 45.1 Å². The molecule has 4 aromatic heterocycles. The number of pyridine rings is 2. The smallest absolute Gasteiger partial charge is 0.282 e. The Morgan fingerprint density at radius 2 is 2.08 bits per heavy atom. The molecule has 38 heavy (non-hydrogen) atoms. The number of nitrogens with zero attached hydrogens (tertiary/aromatic N) is 6. The van der Waals surface area contributed by atoms with Gasteiger partial charge in [-0.2, -0.15) is 0 Å². The molecule has 4 aromatic rings. The third kappa shape index (κ3) is 5.08. The number of anilines is 2. The van der Waals surface area contributed by atoms with Gasteiger partial charge in [0.1, 0.15) is 28.9 Å². The lowest BCUT2D eigenvalue weighted by atomic mass is 10.1. The number of aromatic nitrogens is 5. The third-order valence-electron chi connectivity index (χ3n) is 6.02. The van der Waals surface area contributed by atoms with Crippen LogP contribution >= 0.6 is 11.3 Å². The van der Waals surface area contributed by atoms with Gasteiger partial charge < -0.3 is 25.2 Å². The largest absolute Gasteiger partial charge is 0.390 e. The molecule has 0 radical (unpaired) electrons. The maximum atomic E-state index is 14.0. The Kier molecular flexibility index (Phi) is 7.07. The number of fused-ring (bicyclic) bond motifs is 1. The van der Waals surface area contributed by atoms with Gasteiger partial charge in [0.05, 0.1) is 29.0 Å². The first-order valence-electron chi connectivity index (χ1n) is 11.6. The number of carbonyl (C=O) groups is 2. The lowest BCUT2D eigenvalue weighted by Crippen LogP contribution is -2.50. The van der Waals surface area contributed by atoms with Crippen molar-refractivity contribution in [2.24, 2.45) is 0 Å². The molecule has 2 atom stereocenters. The van der Waals surface area contributed by atoms with Crippen molar-refractivity contribution in [3.63, 3.8) is 0 Å². The maximum Gasteiger partial charge on any atom is 0.282 e. The van der Waals surface area contributed by atoms with Crippen LogP contribution in [0, 0.1) is 5.82 Å². The molecule has 1 saturated heterocycles. The number of aliphatic hydroxyl groups is 1. The van der Waals surface area contributed by atoms with Gasteiger partial charge in [-0.15, -0.1) is 0 Å². The summed E-state index contributed by atoms with van der Waals surface area (Å²) in [5.41, 5.74) is 1.58. The number of hydrogen-bond acceptors (Lipinski definition) is 9. The van der Waals surface area contributed by atoms with Crippen molar-refractivity contribution in [2.45, 2.75) is 25.1 Å². The fourth-order valence-corrected chi connectivity index (χ4v) is 5.03. The van der Waals surface area contributed by atoms with Gasteiger partial charge in [-0.25, -0.2) is 23.7 Å². The van der Waals surface area contributed by atoms with Crippen LogP contribution in [0.3, 0.4) is 0 Å². The van der Waals surface area contributed by atoms with E-state index in [9.17, 15) is 23.5 Å². The van der Waals surface area contributed by atoms with Crippen LogP contribution in [0.15, 0.2) is 55.5 Å². The summed E-state index contributed by atoms with van der Waals surface area (Å²) in [6, 6.07) is 3.43. The lowest BCUT2D eigenvalue weighted by molar-refractivity contribution is -0.138. The number of halogens is 2. The highest BCUT2D eigenvalue weighted by atomic mass is 32.1. The number of imidazole rings is 1. The number of nitrogens with one attached hydrogen (secondary N) is 2. The van der Waals surface area contributed by atoms with Gasteiger partial charge >= 0.3 is 0 Å². The second kappa shape index (κ2) is 10.6. The van der Waals surface area contributed by atoms with Crippen molar-refractivity contribution in [3.05, 3.63) is 61.3 Å². The van der Waals surface area contributed by atoms with Gasteiger partial charge in [-0.3, -0.25) is 14.6 Å². The molecular formula is C24H22F2N8O3S. The Labute approximate surface area is 218 Å². The molecule has 14 heteroatoms. The van der Waals surface area contributed by atoms with Crippen LogP contribution in [0.4, 0.5) is 19.7 Å². The molecular weight excluding hydrogens is 518 g/mol. The van der Waals surface area contributed by atoms with E-state index < -0.39 is 35.6 Å². The Morgan fingerprint density at radius 1 is 1.24 bits per heavy atom. The molecule has 2 unspecified atom stereocenters. The molecule has 0 saturated carbocycles. The van der Waals surface area contributed by atoms with Gasteiger partial charge in [0, 0.05) is 38.1 Å². The van der Waals surface area contributed by atoms with Crippen LogP contribution in [-0.2, 0) is 16.1 Å². The van der Waals surface area contributed by atoms with E-state index in [1.54, 1.807) is 23.2 Å². The van der Waals surface area contributed by atoms with Crippen LogP contribution < -0.4 is 10.6 Å². The first-order chi connectivity index (χ1) is 18.3. The van der Waals surface area contributed by atoms with Gasteiger partial charge in [0.25, 0.3) is 5.91 Å². The van der Waals surface area contributed by atoms with E-state index in [0.717, 1.165) is 10.4 Å². The van der Waals surface area contributed by atoms with Crippen LogP contribution in [-0.4, -0.2) is 71.6 Å². The van der Waals surface area contributed by atoms with E-state index in [0.29, 0.717) is 27.9 Å². The quantitative estimate of drug-likeness (QED) is 0.290. The summed E-state index contributed by atoms with van der Waals surface area (Å²) in [5.74, 6) is -2.72. The monoisotopic (exact) mass is 540 g/mol. The standard InChI is InChI=1S/C24H22F2N8O3S/c1-13(25)23(37)34-7-4-17(35)21(34)22(36)28-6-8-33-12-31-15-10-29-19(9-16(15)33)32-24-30-11-18(38-24)20-14(26)3-2-5-27-20/h2-3,5,9-12,17,21,35H,1,4,6-8H2,(H,28,36)(H,29,30,32). The van der Waals surface area contributed by atoms with E-state index in [1.807, 2.05) is 0 Å². The van der Waals surface area contributed by atoms with Crippen molar-refractivity contribution in [3.8, 4) is 10.6 Å². The average Bonchev–Trinajstić information content (AvgIpc) is 3.62. The fraction of sp³-hybridized carbons (Fsp3) is 0.250. The summed E-state index contributed by atoms with van der Waals surface area (Å²) in [6.07, 6.45) is 5.31. The van der Waals surface area contributed by atoms with E-state index in [-0.39, 0.29) is 25.2 Å². The second-order valence-electron chi connectivity index (χ2n) is 8.48. The molecule has 1 aliphatic heterocycles. The molecule has 0 aromatic carbocycles.